The van der Waals surface area contributed by atoms with Crippen molar-refractivity contribution < 1.29 is 4.39 Å². The van der Waals surface area contributed by atoms with Crippen LogP contribution in [0.5, 0.6) is 0 Å². The molecule has 2 aliphatic carbocycles. The van der Waals surface area contributed by atoms with E-state index in [0.717, 1.165) is 17.8 Å². The molecule has 2 fully saturated rings. The van der Waals surface area contributed by atoms with Crippen LogP contribution >= 0.6 is 0 Å². The summed E-state index contributed by atoms with van der Waals surface area (Å²) in [6, 6.07) is 7.26. The quantitative estimate of drug-likeness (QED) is 0.441. The number of benzene rings is 1. The van der Waals surface area contributed by atoms with E-state index in [-0.39, 0.29) is 5.82 Å². The lowest BCUT2D eigenvalue weighted by molar-refractivity contribution is 0.155. The van der Waals surface area contributed by atoms with Gasteiger partial charge in [-0.1, -0.05) is 64.0 Å². The summed E-state index contributed by atoms with van der Waals surface area (Å²) in [5.74, 6) is 3.57. The maximum absolute atomic E-state index is 13.1. The highest BCUT2D eigenvalue weighted by Crippen LogP contribution is 2.44. The Balaban J connectivity index is 1.37. The third-order valence-corrected chi connectivity index (χ3v) is 7.14. The molecule has 2 aliphatic rings. The fourth-order valence-electron chi connectivity index (χ4n) is 5.47. The Kier molecular flexibility index (Phi) is 7.37. The first-order valence-corrected chi connectivity index (χ1v) is 11.0. The molecule has 0 heterocycles. The number of rotatable bonds is 7. The number of hydrogen-bond acceptors (Lipinski definition) is 0. The van der Waals surface area contributed by atoms with Crippen molar-refractivity contribution in [1.82, 2.24) is 0 Å². The van der Waals surface area contributed by atoms with Gasteiger partial charge in [-0.2, -0.15) is 0 Å². The zero-order valence-corrected chi connectivity index (χ0v) is 16.2. The van der Waals surface area contributed by atoms with Gasteiger partial charge in [-0.3, -0.25) is 0 Å². The average Bonchev–Trinajstić information content (AvgIpc) is 2.67. The molecule has 1 aromatic rings. The molecule has 0 aliphatic heterocycles. The normalized spacial score (nSPS) is 30.3. The second-order valence-electron chi connectivity index (χ2n) is 8.79. The molecule has 0 spiro atoms. The van der Waals surface area contributed by atoms with Crippen molar-refractivity contribution in [3.05, 3.63) is 35.6 Å². The van der Waals surface area contributed by atoms with Crippen LogP contribution in [-0.2, 0) is 0 Å². The maximum atomic E-state index is 13.1. The smallest absolute Gasteiger partial charge is 0.123 e. The monoisotopic (exact) mass is 344 g/mol. The van der Waals surface area contributed by atoms with Crippen LogP contribution in [0, 0.1) is 23.6 Å². The Morgan fingerprint density at radius 2 is 1.36 bits per heavy atom. The van der Waals surface area contributed by atoms with Crippen LogP contribution in [-0.4, -0.2) is 0 Å². The summed E-state index contributed by atoms with van der Waals surface area (Å²) in [6.07, 6.45) is 18.6. The second-order valence-corrected chi connectivity index (χ2v) is 8.79. The predicted molar refractivity (Wildman–Crippen MR) is 105 cm³/mol. The van der Waals surface area contributed by atoms with Gasteiger partial charge >= 0.3 is 0 Å². The Morgan fingerprint density at radius 3 is 1.96 bits per heavy atom. The largest absolute Gasteiger partial charge is 0.207 e. The lowest BCUT2D eigenvalue weighted by atomic mass is 9.68. The van der Waals surface area contributed by atoms with E-state index in [2.05, 4.69) is 6.92 Å². The molecule has 3 rings (SSSR count). The lowest BCUT2D eigenvalue weighted by Crippen LogP contribution is -2.25. The Morgan fingerprint density at radius 1 is 0.760 bits per heavy atom. The first-order valence-electron chi connectivity index (χ1n) is 11.0. The van der Waals surface area contributed by atoms with Crippen molar-refractivity contribution in [1.29, 1.82) is 0 Å². The zero-order valence-electron chi connectivity index (χ0n) is 16.2. The fraction of sp³-hybridized carbons (Fsp3) is 0.750. The van der Waals surface area contributed by atoms with Crippen LogP contribution in [0.1, 0.15) is 102 Å². The van der Waals surface area contributed by atoms with Crippen molar-refractivity contribution in [3.63, 3.8) is 0 Å². The lowest BCUT2D eigenvalue weighted by Gasteiger charge is -2.38. The van der Waals surface area contributed by atoms with Gasteiger partial charge in [0, 0.05) is 0 Å². The summed E-state index contributed by atoms with van der Waals surface area (Å²) < 4.78 is 13.1. The summed E-state index contributed by atoms with van der Waals surface area (Å²) >= 11 is 0. The van der Waals surface area contributed by atoms with E-state index in [9.17, 15) is 4.39 Å². The van der Waals surface area contributed by atoms with E-state index in [1.165, 1.54) is 89.0 Å². The third-order valence-electron chi connectivity index (χ3n) is 7.14. The summed E-state index contributed by atoms with van der Waals surface area (Å²) in [7, 11) is 0. The predicted octanol–water partition coefficient (Wildman–Crippen LogP) is 7.88. The van der Waals surface area contributed by atoms with E-state index in [0.29, 0.717) is 5.92 Å². The number of unbranched alkanes of at least 4 members (excludes halogenated alkanes) is 3. The van der Waals surface area contributed by atoms with Crippen LogP contribution < -0.4 is 0 Å². The van der Waals surface area contributed by atoms with Gasteiger partial charge in [0.25, 0.3) is 0 Å². The Bertz CT molecular complexity index is 475. The molecule has 25 heavy (non-hydrogen) atoms. The van der Waals surface area contributed by atoms with Gasteiger partial charge in [-0.25, -0.2) is 4.39 Å². The van der Waals surface area contributed by atoms with Gasteiger partial charge in [0.2, 0.25) is 0 Å². The standard InChI is InChI=1S/C24H37F/c1-2-3-4-5-6-19-7-9-20(10-8-19)21-11-13-22(14-12-21)23-15-17-24(25)18-16-23/h15-22H,2-14H2,1H3. The molecule has 0 N–H and O–H groups in total. The molecule has 0 atom stereocenters. The van der Waals surface area contributed by atoms with Gasteiger partial charge in [0.05, 0.1) is 0 Å². The van der Waals surface area contributed by atoms with E-state index in [4.69, 9.17) is 0 Å². The second kappa shape index (κ2) is 9.74. The van der Waals surface area contributed by atoms with Crippen molar-refractivity contribution >= 4 is 0 Å². The van der Waals surface area contributed by atoms with Crippen LogP contribution in [0.2, 0.25) is 0 Å². The third kappa shape index (κ3) is 5.56. The minimum absolute atomic E-state index is 0.108. The van der Waals surface area contributed by atoms with Crippen molar-refractivity contribution in [2.24, 2.45) is 17.8 Å². The molecule has 1 aromatic carbocycles. The van der Waals surface area contributed by atoms with E-state index >= 15 is 0 Å². The molecule has 0 unspecified atom stereocenters. The van der Waals surface area contributed by atoms with E-state index < -0.39 is 0 Å². The maximum Gasteiger partial charge on any atom is 0.123 e. The molecule has 0 aromatic heterocycles. The SMILES string of the molecule is CCCCCCC1CCC(C2CCC(c3ccc(F)cc3)CC2)CC1. The molecule has 1 heteroatoms. The summed E-state index contributed by atoms with van der Waals surface area (Å²) in [5.41, 5.74) is 1.36. The Hall–Kier alpha value is -0.850. The van der Waals surface area contributed by atoms with Gasteiger partial charge in [0.15, 0.2) is 0 Å². The average molecular weight is 345 g/mol. The highest BCUT2D eigenvalue weighted by atomic mass is 19.1. The van der Waals surface area contributed by atoms with Gasteiger partial charge in [-0.05, 0) is 79.9 Å². The minimum Gasteiger partial charge on any atom is -0.207 e. The van der Waals surface area contributed by atoms with Gasteiger partial charge < -0.3 is 0 Å². The van der Waals surface area contributed by atoms with Crippen LogP contribution in [0.4, 0.5) is 4.39 Å². The van der Waals surface area contributed by atoms with Gasteiger partial charge in [0.1, 0.15) is 5.82 Å². The molecule has 0 amide bonds. The summed E-state index contributed by atoms with van der Waals surface area (Å²) in [6.45, 7) is 2.30. The van der Waals surface area contributed by atoms with Crippen LogP contribution in [0.25, 0.3) is 0 Å². The highest BCUT2D eigenvalue weighted by Gasteiger charge is 2.31. The highest BCUT2D eigenvalue weighted by molar-refractivity contribution is 5.20. The van der Waals surface area contributed by atoms with Crippen molar-refractivity contribution in [2.45, 2.75) is 96.3 Å². The molecule has 0 saturated heterocycles. The molecule has 0 bridgehead atoms. The van der Waals surface area contributed by atoms with Gasteiger partial charge in [-0.15, -0.1) is 0 Å². The summed E-state index contributed by atoms with van der Waals surface area (Å²) in [5, 5.41) is 0. The van der Waals surface area contributed by atoms with E-state index in [1.54, 1.807) is 12.1 Å². The van der Waals surface area contributed by atoms with Crippen molar-refractivity contribution in [2.75, 3.05) is 0 Å². The first kappa shape index (κ1) is 18.9. The topological polar surface area (TPSA) is 0 Å². The summed E-state index contributed by atoms with van der Waals surface area (Å²) in [4.78, 5) is 0. The Labute approximate surface area is 154 Å². The van der Waals surface area contributed by atoms with Crippen molar-refractivity contribution in [3.8, 4) is 0 Å². The minimum atomic E-state index is -0.108. The number of halogens is 1. The van der Waals surface area contributed by atoms with Crippen LogP contribution in [0.3, 0.4) is 0 Å². The molecule has 2 saturated carbocycles. The fourth-order valence-corrected chi connectivity index (χ4v) is 5.47. The molecule has 140 valence electrons. The molecular formula is C24H37F. The number of hydrogen-bond donors (Lipinski definition) is 0. The van der Waals surface area contributed by atoms with Crippen LogP contribution in [0.15, 0.2) is 24.3 Å². The zero-order chi connectivity index (χ0) is 17.5. The molecule has 0 radical (unpaired) electrons. The first-order chi connectivity index (χ1) is 12.3. The molecular weight excluding hydrogens is 307 g/mol. The molecule has 0 nitrogen and oxygen atoms in total. The van der Waals surface area contributed by atoms with E-state index in [1.807, 2.05) is 12.1 Å².